The van der Waals surface area contributed by atoms with Crippen molar-refractivity contribution in [1.82, 2.24) is 4.90 Å². The van der Waals surface area contributed by atoms with Gasteiger partial charge in [-0.1, -0.05) is 22.0 Å². The predicted molar refractivity (Wildman–Crippen MR) is 86.6 cm³/mol. The largest absolute Gasteiger partial charge is 0.444 e. The van der Waals surface area contributed by atoms with Gasteiger partial charge in [-0.25, -0.2) is 4.79 Å². The summed E-state index contributed by atoms with van der Waals surface area (Å²) < 4.78 is 6.64. The van der Waals surface area contributed by atoms with Crippen molar-refractivity contribution in [1.29, 1.82) is 0 Å². The number of hydrogen-bond donors (Lipinski definition) is 0. The fourth-order valence-electron chi connectivity index (χ4n) is 3.55. The highest BCUT2D eigenvalue weighted by Crippen LogP contribution is 2.46. The number of fused-ring (bicyclic) bond motifs is 2. The van der Waals surface area contributed by atoms with E-state index in [0.717, 1.165) is 36.8 Å². The van der Waals surface area contributed by atoms with Gasteiger partial charge >= 0.3 is 6.09 Å². The molecule has 1 aromatic carbocycles. The average Bonchev–Trinajstić information content (AvgIpc) is 2.95. The Hall–Kier alpha value is -1.03. The van der Waals surface area contributed by atoms with Crippen LogP contribution in [-0.2, 0) is 16.6 Å². The summed E-state index contributed by atoms with van der Waals surface area (Å²) in [7, 11) is 0. The average molecular weight is 352 g/mol. The van der Waals surface area contributed by atoms with Crippen LogP contribution in [0, 0.1) is 0 Å². The number of likely N-dealkylation sites (tertiary alicyclic amines) is 1. The molecule has 1 fully saturated rings. The Morgan fingerprint density at radius 1 is 1.33 bits per heavy atom. The molecule has 3 nitrogen and oxygen atoms in total. The number of benzene rings is 1. The van der Waals surface area contributed by atoms with Gasteiger partial charge in [0.25, 0.3) is 0 Å². The molecule has 0 radical (unpaired) electrons. The van der Waals surface area contributed by atoms with Crippen molar-refractivity contribution >= 4 is 22.0 Å². The molecule has 1 heterocycles. The molecule has 2 aliphatic rings. The lowest BCUT2D eigenvalue weighted by Crippen LogP contribution is -2.37. The molecule has 114 valence electrons. The van der Waals surface area contributed by atoms with Crippen LogP contribution in [0.5, 0.6) is 0 Å². The van der Waals surface area contributed by atoms with E-state index < -0.39 is 5.60 Å². The third kappa shape index (κ3) is 2.83. The van der Waals surface area contributed by atoms with E-state index in [1.54, 1.807) is 0 Å². The Bertz CT molecular complexity index is 579. The van der Waals surface area contributed by atoms with Gasteiger partial charge in [0.15, 0.2) is 0 Å². The number of ether oxygens (including phenoxy) is 1. The van der Waals surface area contributed by atoms with E-state index >= 15 is 0 Å². The SMILES string of the molecule is CC(C)(C)OC(=O)N1CCC2(CCc3ccc(Br)cc32)C1. The van der Waals surface area contributed by atoms with Gasteiger partial charge in [-0.2, -0.15) is 0 Å². The number of nitrogens with zero attached hydrogens (tertiary/aromatic N) is 1. The lowest BCUT2D eigenvalue weighted by molar-refractivity contribution is 0.0284. The quantitative estimate of drug-likeness (QED) is 0.698. The van der Waals surface area contributed by atoms with Crippen molar-refractivity contribution < 1.29 is 9.53 Å². The minimum Gasteiger partial charge on any atom is -0.444 e. The van der Waals surface area contributed by atoms with Crippen molar-refractivity contribution in [3.05, 3.63) is 33.8 Å². The van der Waals surface area contributed by atoms with Crippen LogP contribution < -0.4 is 0 Å². The lowest BCUT2D eigenvalue weighted by atomic mass is 9.81. The van der Waals surface area contributed by atoms with Crippen LogP contribution in [0.25, 0.3) is 0 Å². The maximum absolute atomic E-state index is 12.3. The molecule has 0 N–H and O–H groups in total. The molecule has 1 aliphatic heterocycles. The third-order valence-electron chi connectivity index (χ3n) is 4.52. The minimum absolute atomic E-state index is 0.135. The first kappa shape index (κ1) is 14.9. The standard InChI is InChI=1S/C17H22BrNO2/c1-16(2,3)21-15(20)19-9-8-17(11-19)7-6-12-4-5-13(18)10-14(12)17/h4-5,10H,6-9,11H2,1-3H3. The van der Waals surface area contributed by atoms with Crippen molar-refractivity contribution in [2.24, 2.45) is 0 Å². The summed E-state index contributed by atoms with van der Waals surface area (Å²) in [6.07, 6.45) is 3.11. The van der Waals surface area contributed by atoms with Crippen LogP contribution in [0.3, 0.4) is 0 Å². The van der Waals surface area contributed by atoms with Crippen LogP contribution in [0.4, 0.5) is 4.79 Å². The summed E-state index contributed by atoms with van der Waals surface area (Å²) in [5, 5.41) is 0. The highest BCUT2D eigenvalue weighted by molar-refractivity contribution is 9.10. The van der Waals surface area contributed by atoms with E-state index in [2.05, 4.69) is 34.1 Å². The maximum atomic E-state index is 12.3. The zero-order valence-electron chi connectivity index (χ0n) is 12.9. The molecule has 0 bridgehead atoms. The van der Waals surface area contributed by atoms with Gasteiger partial charge in [0, 0.05) is 23.0 Å². The smallest absolute Gasteiger partial charge is 0.410 e. The zero-order valence-corrected chi connectivity index (χ0v) is 14.5. The minimum atomic E-state index is -0.427. The molecule has 0 saturated carbocycles. The molecule has 4 heteroatoms. The highest BCUT2D eigenvalue weighted by Gasteiger charge is 2.46. The van der Waals surface area contributed by atoms with Crippen LogP contribution >= 0.6 is 15.9 Å². The van der Waals surface area contributed by atoms with Crippen molar-refractivity contribution in [3.8, 4) is 0 Å². The van der Waals surface area contributed by atoms with Gasteiger partial charge < -0.3 is 9.64 Å². The van der Waals surface area contributed by atoms with Gasteiger partial charge in [0.1, 0.15) is 5.60 Å². The Balaban J connectivity index is 1.79. The second-order valence-electron chi connectivity index (χ2n) is 7.23. The Morgan fingerprint density at radius 3 is 2.81 bits per heavy atom. The lowest BCUT2D eigenvalue weighted by Gasteiger charge is -2.27. The summed E-state index contributed by atoms with van der Waals surface area (Å²) in [6, 6.07) is 6.56. The molecule has 1 atom stereocenters. The molecule has 21 heavy (non-hydrogen) atoms. The second kappa shape index (κ2) is 5.01. The van der Waals surface area contributed by atoms with E-state index in [9.17, 15) is 4.79 Å². The van der Waals surface area contributed by atoms with Gasteiger partial charge in [0.05, 0.1) is 0 Å². The molecule has 0 aromatic heterocycles. The number of amides is 1. The number of carbonyl (C=O) groups is 1. The van der Waals surface area contributed by atoms with Gasteiger partial charge in [-0.05, 0) is 63.3 Å². The number of carbonyl (C=O) groups excluding carboxylic acids is 1. The Kier molecular flexibility index (Phi) is 3.55. The molecule has 1 aromatic rings. The number of halogens is 1. The molecule has 1 amide bonds. The van der Waals surface area contributed by atoms with Crippen molar-refractivity contribution in [2.45, 2.75) is 51.0 Å². The van der Waals surface area contributed by atoms with Gasteiger partial charge in [0.2, 0.25) is 0 Å². The van der Waals surface area contributed by atoms with Crippen LogP contribution in [-0.4, -0.2) is 29.7 Å². The zero-order chi connectivity index (χ0) is 15.3. The first-order valence-electron chi connectivity index (χ1n) is 7.56. The molecular formula is C17H22BrNO2. The topological polar surface area (TPSA) is 29.5 Å². The van der Waals surface area contributed by atoms with Gasteiger partial charge in [-0.15, -0.1) is 0 Å². The summed E-state index contributed by atoms with van der Waals surface area (Å²) in [5.74, 6) is 0. The van der Waals surface area contributed by atoms with Crippen molar-refractivity contribution in [2.75, 3.05) is 13.1 Å². The van der Waals surface area contributed by atoms with Crippen LogP contribution in [0.15, 0.2) is 22.7 Å². The van der Waals surface area contributed by atoms with Crippen LogP contribution in [0.2, 0.25) is 0 Å². The van der Waals surface area contributed by atoms with Crippen LogP contribution in [0.1, 0.15) is 44.7 Å². The number of rotatable bonds is 0. The Morgan fingerprint density at radius 2 is 2.10 bits per heavy atom. The fourth-order valence-corrected chi connectivity index (χ4v) is 3.91. The third-order valence-corrected chi connectivity index (χ3v) is 5.01. The molecule has 1 unspecified atom stereocenters. The van der Waals surface area contributed by atoms with E-state index in [1.165, 1.54) is 11.1 Å². The predicted octanol–water partition coefficient (Wildman–Crippen LogP) is 4.27. The fraction of sp³-hybridized carbons (Fsp3) is 0.588. The molecule has 3 rings (SSSR count). The summed E-state index contributed by atoms with van der Waals surface area (Å²) in [6.45, 7) is 7.32. The molecule has 1 spiro atoms. The monoisotopic (exact) mass is 351 g/mol. The number of hydrogen-bond acceptors (Lipinski definition) is 2. The summed E-state index contributed by atoms with van der Waals surface area (Å²) >= 11 is 3.57. The number of aryl methyl sites for hydroxylation is 1. The second-order valence-corrected chi connectivity index (χ2v) is 8.15. The molecule has 1 saturated heterocycles. The molecular weight excluding hydrogens is 330 g/mol. The van der Waals surface area contributed by atoms with E-state index in [-0.39, 0.29) is 11.5 Å². The van der Waals surface area contributed by atoms with Crippen molar-refractivity contribution in [3.63, 3.8) is 0 Å². The summed E-state index contributed by atoms with van der Waals surface area (Å²) in [5.41, 5.74) is 2.56. The van der Waals surface area contributed by atoms with E-state index in [4.69, 9.17) is 4.74 Å². The Labute approximate surface area is 134 Å². The maximum Gasteiger partial charge on any atom is 0.410 e. The van der Waals surface area contributed by atoms with E-state index in [0.29, 0.717) is 0 Å². The first-order valence-corrected chi connectivity index (χ1v) is 8.35. The normalized spacial score (nSPS) is 24.5. The first-order chi connectivity index (χ1) is 9.79. The molecule has 1 aliphatic carbocycles. The van der Waals surface area contributed by atoms with E-state index in [1.807, 2.05) is 25.7 Å². The highest BCUT2D eigenvalue weighted by atomic mass is 79.9. The summed E-state index contributed by atoms with van der Waals surface area (Å²) in [4.78, 5) is 14.2. The van der Waals surface area contributed by atoms with Gasteiger partial charge in [-0.3, -0.25) is 0 Å².